The van der Waals surface area contributed by atoms with E-state index in [2.05, 4.69) is 6.92 Å². The predicted molar refractivity (Wildman–Crippen MR) is 75.4 cm³/mol. The van der Waals surface area contributed by atoms with E-state index in [1.807, 2.05) is 37.7 Å². The van der Waals surface area contributed by atoms with E-state index in [-0.39, 0.29) is 5.84 Å². The molecule has 1 aromatic carbocycles. The maximum Gasteiger partial charge on any atom is 0.125 e. The Kier molecular flexibility index (Phi) is 5.35. The van der Waals surface area contributed by atoms with Crippen LogP contribution in [0.4, 0.5) is 0 Å². The largest absolute Gasteiger partial charge is 0.492 e. The monoisotopic (exact) mass is 252 g/mol. The fourth-order valence-corrected chi connectivity index (χ4v) is 2.17. The standard InChI is InChI=1S/C13H20N2OS/c1-4-17-6-5-16-12-9(2)7-11(13(14)15)8-10(12)3/h7-8H,4-6H2,1-3H3,(H3,14,15). The van der Waals surface area contributed by atoms with Gasteiger partial charge in [-0.3, -0.25) is 5.41 Å². The fraction of sp³-hybridized carbons (Fsp3) is 0.462. The summed E-state index contributed by atoms with van der Waals surface area (Å²) in [7, 11) is 0. The minimum absolute atomic E-state index is 0.101. The molecule has 0 aromatic heterocycles. The van der Waals surface area contributed by atoms with E-state index in [0.29, 0.717) is 0 Å². The maximum absolute atomic E-state index is 7.43. The average molecular weight is 252 g/mol. The maximum atomic E-state index is 7.43. The van der Waals surface area contributed by atoms with E-state index >= 15 is 0 Å². The van der Waals surface area contributed by atoms with Crippen molar-refractivity contribution in [3.63, 3.8) is 0 Å². The molecule has 94 valence electrons. The zero-order valence-electron chi connectivity index (χ0n) is 10.7. The number of nitrogens with two attached hydrogens (primary N) is 1. The summed E-state index contributed by atoms with van der Waals surface area (Å²) in [5, 5.41) is 7.43. The Labute approximate surface area is 107 Å². The first-order chi connectivity index (χ1) is 8.06. The second-order valence-corrected chi connectivity index (χ2v) is 5.29. The van der Waals surface area contributed by atoms with Gasteiger partial charge >= 0.3 is 0 Å². The molecule has 1 aromatic rings. The van der Waals surface area contributed by atoms with Crippen LogP contribution in [0.15, 0.2) is 12.1 Å². The van der Waals surface area contributed by atoms with Crippen molar-refractivity contribution < 1.29 is 4.74 Å². The molecule has 4 heteroatoms. The Hall–Kier alpha value is -1.16. The van der Waals surface area contributed by atoms with Crippen LogP contribution in [0.2, 0.25) is 0 Å². The van der Waals surface area contributed by atoms with E-state index in [4.69, 9.17) is 15.9 Å². The lowest BCUT2D eigenvalue weighted by Gasteiger charge is -2.13. The number of rotatable bonds is 6. The highest BCUT2D eigenvalue weighted by atomic mass is 32.2. The lowest BCUT2D eigenvalue weighted by atomic mass is 10.1. The molecule has 17 heavy (non-hydrogen) atoms. The van der Waals surface area contributed by atoms with Gasteiger partial charge in [0.05, 0.1) is 6.61 Å². The number of benzene rings is 1. The highest BCUT2D eigenvalue weighted by molar-refractivity contribution is 7.99. The van der Waals surface area contributed by atoms with Gasteiger partial charge in [0.2, 0.25) is 0 Å². The number of nitrogens with one attached hydrogen (secondary N) is 1. The number of hydrogen-bond acceptors (Lipinski definition) is 3. The molecule has 0 bridgehead atoms. The van der Waals surface area contributed by atoms with Crippen LogP contribution in [-0.4, -0.2) is 23.9 Å². The van der Waals surface area contributed by atoms with Crippen molar-refractivity contribution in [1.82, 2.24) is 0 Å². The molecule has 0 heterocycles. The van der Waals surface area contributed by atoms with Crippen molar-refractivity contribution in [2.75, 3.05) is 18.1 Å². The molecule has 0 saturated heterocycles. The zero-order chi connectivity index (χ0) is 12.8. The van der Waals surface area contributed by atoms with Crippen molar-refractivity contribution in [2.45, 2.75) is 20.8 Å². The smallest absolute Gasteiger partial charge is 0.125 e. The van der Waals surface area contributed by atoms with Gasteiger partial charge in [0.25, 0.3) is 0 Å². The van der Waals surface area contributed by atoms with Gasteiger partial charge in [0.1, 0.15) is 11.6 Å². The minimum atomic E-state index is 0.101. The van der Waals surface area contributed by atoms with Crippen LogP contribution in [0.1, 0.15) is 23.6 Å². The lowest BCUT2D eigenvalue weighted by Crippen LogP contribution is -2.12. The molecular formula is C13H20N2OS. The van der Waals surface area contributed by atoms with Crippen LogP contribution in [0, 0.1) is 19.3 Å². The van der Waals surface area contributed by atoms with Crippen LogP contribution >= 0.6 is 11.8 Å². The number of hydrogen-bond donors (Lipinski definition) is 2. The van der Waals surface area contributed by atoms with E-state index in [9.17, 15) is 0 Å². The Morgan fingerprint density at radius 3 is 2.41 bits per heavy atom. The van der Waals surface area contributed by atoms with Gasteiger partial charge in [-0.05, 0) is 42.9 Å². The third-order valence-electron chi connectivity index (χ3n) is 2.45. The summed E-state index contributed by atoms with van der Waals surface area (Å²) in [5.74, 6) is 3.14. The number of amidine groups is 1. The van der Waals surface area contributed by atoms with E-state index in [1.54, 1.807) is 0 Å². The van der Waals surface area contributed by atoms with Crippen molar-refractivity contribution >= 4 is 17.6 Å². The van der Waals surface area contributed by atoms with Crippen LogP contribution in [-0.2, 0) is 0 Å². The predicted octanol–water partition coefficient (Wildman–Crippen LogP) is 2.72. The lowest BCUT2D eigenvalue weighted by molar-refractivity contribution is 0.339. The first kappa shape index (κ1) is 13.9. The first-order valence-corrected chi connectivity index (χ1v) is 6.88. The van der Waals surface area contributed by atoms with E-state index in [1.165, 1.54) is 0 Å². The highest BCUT2D eigenvalue weighted by Gasteiger charge is 2.07. The van der Waals surface area contributed by atoms with Gasteiger partial charge in [-0.25, -0.2) is 0 Å². The van der Waals surface area contributed by atoms with Gasteiger partial charge in [0, 0.05) is 11.3 Å². The molecule has 0 aliphatic rings. The van der Waals surface area contributed by atoms with Crippen molar-refractivity contribution in [1.29, 1.82) is 5.41 Å². The Balaban J connectivity index is 2.76. The Morgan fingerprint density at radius 2 is 1.94 bits per heavy atom. The normalized spacial score (nSPS) is 10.3. The second kappa shape index (κ2) is 6.55. The third-order valence-corrected chi connectivity index (χ3v) is 3.31. The van der Waals surface area contributed by atoms with Crippen molar-refractivity contribution in [3.8, 4) is 5.75 Å². The summed E-state index contributed by atoms with van der Waals surface area (Å²) >= 11 is 1.87. The SMILES string of the molecule is CCSCCOc1c(C)cc(C(=N)N)cc1C. The minimum Gasteiger partial charge on any atom is -0.492 e. The van der Waals surface area contributed by atoms with Crippen molar-refractivity contribution in [3.05, 3.63) is 28.8 Å². The number of aryl methyl sites for hydroxylation is 2. The molecule has 0 aliphatic heterocycles. The number of nitrogen functional groups attached to an aromatic ring is 1. The summed E-state index contributed by atoms with van der Waals surface area (Å²) in [6, 6.07) is 3.80. The number of thioether (sulfide) groups is 1. The van der Waals surface area contributed by atoms with Crippen LogP contribution in [0.5, 0.6) is 5.75 Å². The van der Waals surface area contributed by atoms with Gasteiger partial charge in [0.15, 0.2) is 0 Å². The topological polar surface area (TPSA) is 59.1 Å². The molecule has 3 N–H and O–H groups in total. The molecule has 3 nitrogen and oxygen atoms in total. The quantitative estimate of drug-likeness (QED) is 0.465. The summed E-state index contributed by atoms with van der Waals surface area (Å²) < 4.78 is 5.77. The molecule has 0 fully saturated rings. The summed E-state index contributed by atoms with van der Waals surface area (Å²) in [6.45, 7) is 6.84. The second-order valence-electron chi connectivity index (χ2n) is 3.90. The Morgan fingerprint density at radius 1 is 1.35 bits per heavy atom. The fourth-order valence-electron chi connectivity index (χ4n) is 1.68. The van der Waals surface area contributed by atoms with Crippen LogP contribution in [0.25, 0.3) is 0 Å². The van der Waals surface area contributed by atoms with Crippen LogP contribution < -0.4 is 10.5 Å². The first-order valence-electron chi connectivity index (χ1n) is 5.72. The van der Waals surface area contributed by atoms with Gasteiger partial charge in [-0.1, -0.05) is 6.92 Å². The van der Waals surface area contributed by atoms with Crippen molar-refractivity contribution in [2.24, 2.45) is 5.73 Å². The molecule has 0 aliphatic carbocycles. The van der Waals surface area contributed by atoms with Crippen LogP contribution in [0.3, 0.4) is 0 Å². The van der Waals surface area contributed by atoms with Gasteiger partial charge < -0.3 is 10.5 Å². The molecular weight excluding hydrogens is 232 g/mol. The highest BCUT2D eigenvalue weighted by Crippen LogP contribution is 2.24. The molecule has 0 unspecified atom stereocenters. The summed E-state index contributed by atoms with van der Waals surface area (Å²) in [6.07, 6.45) is 0. The third kappa shape index (κ3) is 3.97. The summed E-state index contributed by atoms with van der Waals surface area (Å²) in [4.78, 5) is 0. The molecule has 0 spiro atoms. The van der Waals surface area contributed by atoms with E-state index in [0.717, 1.165) is 40.6 Å². The molecule has 0 atom stereocenters. The van der Waals surface area contributed by atoms with E-state index < -0.39 is 0 Å². The number of ether oxygens (including phenoxy) is 1. The zero-order valence-corrected chi connectivity index (χ0v) is 11.5. The Bertz CT molecular complexity index is 381. The van der Waals surface area contributed by atoms with Gasteiger partial charge in [-0.15, -0.1) is 0 Å². The molecule has 0 radical (unpaired) electrons. The summed E-state index contributed by atoms with van der Waals surface area (Å²) in [5.41, 5.74) is 8.32. The molecule has 0 saturated carbocycles. The average Bonchev–Trinajstić information content (AvgIpc) is 2.26. The molecule has 0 amide bonds. The van der Waals surface area contributed by atoms with Gasteiger partial charge in [-0.2, -0.15) is 11.8 Å². The molecule has 1 rings (SSSR count).